The van der Waals surface area contributed by atoms with E-state index in [1.165, 1.54) is 12.2 Å². The van der Waals surface area contributed by atoms with Crippen molar-refractivity contribution in [1.82, 2.24) is 0 Å². The predicted molar refractivity (Wildman–Crippen MR) is 40.6 cm³/mol. The summed E-state index contributed by atoms with van der Waals surface area (Å²) in [5.74, 6) is -1.12. The number of allylic oxidation sites excluding steroid dienone is 3. The minimum Gasteiger partial charge on any atom is -0.515 e. The van der Waals surface area contributed by atoms with E-state index < -0.39 is 5.97 Å². The van der Waals surface area contributed by atoms with Gasteiger partial charge in [-0.1, -0.05) is 0 Å². The van der Waals surface area contributed by atoms with Gasteiger partial charge in [-0.05, 0) is 12.2 Å². The number of carbonyl (C=O) groups is 2. The molecule has 2 N–H and O–H groups in total. The monoisotopic (exact) mass is 166 g/mol. The fraction of sp³-hybridized carbons (Fsp3) is 0. The highest BCUT2D eigenvalue weighted by Gasteiger charge is 2.16. The molecule has 0 bridgehead atoms. The third-order valence-electron chi connectivity index (χ3n) is 1.47. The van der Waals surface area contributed by atoms with Crippen molar-refractivity contribution in [3.05, 3.63) is 35.1 Å². The molecule has 0 heterocycles. The number of carbonyl (C=O) groups excluding carboxylic acids is 1. The molecular weight excluding hydrogens is 160 g/mol. The van der Waals surface area contributed by atoms with Crippen molar-refractivity contribution < 1.29 is 19.8 Å². The number of carboxylic acids is 1. The van der Waals surface area contributed by atoms with E-state index in [1.54, 1.807) is 0 Å². The lowest BCUT2D eigenvalue weighted by Gasteiger charge is -1.88. The van der Waals surface area contributed by atoms with Crippen LogP contribution in [0.15, 0.2) is 35.1 Å². The summed E-state index contributed by atoms with van der Waals surface area (Å²) in [6, 6.07) is 0. The largest absolute Gasteiger partial charge is 0.515 e. The Kier molecular flexibility index (Phi) is 2.09. The van der Waals surface area contributed by atoms with Gasteiger partial charge >= 0.3 is 5.97 Å². The Labute approximate surface area is 68.1 Å². The minimum atomic E-state index is -1.12. The molecule has 1 aliphatic carbocycles. The van der Waals surface area contributed by atoms with Crippen LogP contribution in [0.2, 0.25) is 0 Å². The molecule has 0 saturated heterocycles. The van der Waals surface area contributed by atoms with Gasteiger partial charge in [0.05, 0.1) is 11.8 Å². The second-order valence-electron chi connectivity index (χ2n) is 2.21. The highest BCUT2D eigenvalue weighted by atomic mass is 16.4. The van der Waals surface area contributed by atoms with Crippen LogP contribution in [0.5, 0.6) is 0 Å². The molecule has 0 aliphatic heterocycles. The van der Waals surface area contributed by atoms with Gasteiger partial charge in [0.15, 0.2) is 6.29 Å². The molecule has 0 aromatic rings. The van der Waals surface area contributed by atoms with Gasteiger partial charge in [-0.2, -0.15) is 0 Å². The zero-order chi connectivity index (χ0) is 9.14. The van der Waals surface area contributed by atoms with Crippen LogP contribution >= 0.6 is 0 Å². The first-order valence-corrected chi connectivity index (χ1v) is 3.15. The summed E-state index contributed by atoms with van der Waals surface area (Å²) in [5, 5.41) is 17.1. The van der Waals surface area contributed by atoms with E-state index >= 15 is 0 Å². The molecule has 0 fully saturated rings. The smallest absolute Gasteiger partial charge is 0.335 e. The molecular formula is C8H6O4. The Hall–Kier alpha value is -1.84. The molecule has 0 aromatic carbocycles. The molecule has 0 radical (unpaired) electrons. The molecule has 0 amide bonds. The van der Waals surface area contributed by atoms with Crippen LogP contribution in [0.1, 0.15) is 0 Å². The number of aliphatic hydroxyl groups is 1. The first-order chi connectivity index (χ1) is 5.69. The number of hydrogen-bond donors (Lipinski definition) is 2. The second-order valence-corrected chi connectivity index (χ2v) is 2.21. The van der Waals surface area contributed by atoms with E-state index in [0.717, 1.165) is 0 Å². The Bertz CT molecular complexity index is 320. The van der Waals surface area contributed by atoms with Gasteiger partial charge in [-0.15, -0.1) is 0 Å². The summed E-state index contributed by atoms with van der Waals surface area (Å²) in [5.41, 5.74) is 0.398. The lowest BCUT2D eigenvalue weighted by molar-refractivity contribution is -0.132. The van der Waals surface area contributed by atoms with Crippen LogP contribution in [-0.4, -0.2) is 22.5 Å². The molecule has 0 saturated carbocycles. The molecule has 0 unspecified atom stereocenters. The van der Waals surface area contributed by atoms with Gasteiger partial charge in [0.25, 0.3) is 0 Å². The molecule has 1 rings (SSSR count). The first-order valence-electron chi connectivity index (χ1n) is 3.15. The average Bonchev–Trinajstić information content (AvgIpc) is 2.46. The quantitative estimate of drug-likeness (QED) is 0.464. The second kappa shape index (κ2) is 3.04. The van der Waals surface area contributed by atoms with Crippen LogP contribution in [-0.2, 0) is 9.59 Å². The molecule has 0 atom stereocenters. The number of rotatable bonds is 2. The number of hydrogen-bond acceptors (Lipinski definition) is 3. The van der Waals surface area contributed by atoms with E-state index in [0.29, 0.717) is 12.5 Å². The third-order valence-corrected chi connectivity index (χ3v) is 1.47. The predicted octanol–water partition coefficient (Wildman–Crippen LogP) is 0.578. The van der Waals surface area contributed by atoms with E-state index in [-0.39, 0.29) is 16.7 Å². The topological polar surface area (TPSA) is 74.6 Å². The van der Waals surface area contributed by atoms with Gasteiger partial charge in [0.2, 0.25) is 0 Å². The van der Waals surface area contributed by atoms with E-state index in [9.17, 15) is 9.59 Å². The van der Waals surface area contributed by atoms with Gasteiger partial charge in [-0.25, -0.2) is 4.79 Å². The van der Waals surface area contributed by atoms with E-state index in [1.807, 2.05) is 0 Å². The highest BCUT2D eigenvalue weighted by Crippen LogP contribution is 2.21. The maximum atomic E-state index is 10.4. The molecule has 0 spiro atoms. The zero-order valence-corrected chi connectivity index (χ0v) is 6.02. The van der Waals surface area contributed by atoms with Crippen molar-refractivity contribution in [3.63, 3.8) is 0 Å². The number of aliphatic hydroxyl groups excluding tert-OH is 1. The summed E-state index contributed by atoms with van der Waals surface area (Å²) in [6.07, 6.45) is 3.63. The number of aldehydes is 1. The van der Waals surface area contributed by atoms with Crippen LogP contribution in [0.25, 0.3) is 0 Å². The fourth-order valence-electron chi connectivity index (χ4n) is 0.881. The zero-order valence-electron chi connectivity index (χ0n) is 6.02. The van der Waals surface area contributed by atoms with E-state index in [4.69, 9.17) is 10.2 Å². The lowest BCUT2D eigenvalue weighted by atomic mass is 10.2. The fourth-order valence-corrected chi connectivity index (χ4v) is 0.881. The van der Waals surface area contributed by atoms with Crippen molar-refractivity contribution in [2.45, 2.75) is 0 Å². The Morgan fingerprint density at radius 2 is 2.08 bits per heavy atom. The summed E-state index contributed by atoms with van der Waals surface area (Å²) in [6.45, 7) is 0. The molecule has 0 aromatic heterocycles. The van der Waals surface area contributed by atoms with Gasteiger partial charge in [-0.3, -0.25) is 4.79 Å². The summed E-state index contributed by atoms with van der Waals surface area (Å²) in [4.78, 5) is 20.7. The van der Waals surface area contributed by atoms with Crippen molar-refractivity contribution in [2.24, 2.45) is 0 Å². The maximum Gasteiger partial charge on any atom is 0.335 e. The summed E-state index contributed by atoms with van der Waals surface area (Å²) >= 11 is 0. The Morgan fingerprint density at radius 1 is 1.42 bits per heavy atom. The summed E-state index contributed by atoms with van der Waals surface area (Å²) < 4.78 is 0. The Balaban J connectivity index is 3.06. The third kappa shape index (κ3) is 1.27. The van der Waals surface area contributed by atoms with Crippen molar-refractivity contribution >= 4 is 12.3 Å². The van der Waals surface area contributed by atoms with E-state index in [2.05, 4.69) is 0 Å². The highest BCUT2D eigenvalue weighted by molar-refractivity contribution is 5.98. The molecule has 1 aliphatic rings. The van der Waals surface area contributed by atoms with Crippen molar-refractivity contribution in [3.8, 4) is 0 Å². The maximum absolute atomic E-state index is 10.4. The van der Waals surface area contributed by atoms with Crippen LogP contribution < -0.4 is 0 Å². The Morgan fingerprint density at radius 3 is 2.42 bits per heavy atom. The normalized spacial score (nSPS) is 18.8. The van der Waals surface area contributed by atoms with Crippen molar-refractivity contribution in [1.29, 1.82) is 0 Å². The lowest BCUT2D eigenvalue weighted by Crippen LogP contribution is -1.94. The SMILES string of the molecule is O=CC1=CC(C(=O)O)=C/C1=C/O. The molecule has 4 nitrogen and oxygen atoms in total. The molecule has 12 heavy (non-hydrogen) atoms. The number of carboxylic acid groups (broad SMARTS) is 1. The van der Waals surface area contributed by atoms with Crippen LogP contribution in [0.3, 0.4) is 0 Å². The number of aliphatic carboxylic acids is 1. The van der Waals surface area contributed by atoms with Gasteiger partial charge in [0.1, 0.15) is 0 Å². The molecule has 4 heteroatoms. The van der Waals surface area contributed by atoms with Crippen LogP contribution in [0.4, 0.5) is 0 Å². The van der Waals surface area contributed by atoms with Crippen molar-refractivity contribution in [2.75, 3.05) is 0 Å². The van der Waals surface area contributed by atoms with Crippen LogP contribution in [0, 0.1) is 0 Å². The minimum absolute atomic E-state index is 0.00241. The first kappa shape index (κ1) is 8.26. The standard InChI is InChI=1S/C8H6O4/c9-3-6-1-5(8(11)12)2-7(6)4-10/h1-4,9H,(H,11,12)/b6-3-. The van der Waals surface area contributed by atoms with Gasteiger partial charge in [0, 0.05) is 11.1 Å². The van der Waals surface area contributed by atoms with Gasteiger partial charge < -0.3 is 10.2 Å². The molecule has 62 valence electrons. The summed E-state index contributed by atoms with van der Waals surface area (Å²) in [7, 11) is 0. The average molecular weight is 166 g/mol.